The Balaban J connectivity index is 2.55. The van der Waals surface area contributed by atoms with Gasteiger partial charge in [-0.05, 0) is 25.2 Å². The Morgan fingerprint density at radius 2 is 1.88 bits per heavy atom. The van der Waals surface area contributed by atoms with E-state index < -0.39 is 0 Å². The molecule has 2 amide bonds. The molecule has 16 heavy (non-hydrogen) atoms. The molecule has 1 rings (SSSR count). The van der Waals surface area contributed by atoms with Crippen molar-refractivity contribution in [2.45, 2.75) is 39.2 Å². The van der Waals surface area contributed by atoms with E-state index in [9.17, 15) is 9.59 Å². The van der Waals surface area contributed by atoms with Crippen LogP contribution in [0.15, 0.2) is 0 Å². The molecule has 1 aliphatic carbocycles. The third-order valence-corrected chi connectivity index (χ3v) is 2.71. The normalized spacial score (nSPS) is 17.1. The van der Waals surface area contributed by atoms with Gasteiger partial charge in [-0.3, -0.25) is 9.59 Å². The Morgan fingerprint density at radius 1 is 1.31 bits per heavy atom. The van der Waals surface area contributed by atoms with Gasteiger partial charge >= 0.3 is 0 Å². The van der Waals surface area contributed by atoms with Gasteiger partial charge in [-0.2, -0.15) is 0 Å². The molecule has 0 saturated heterocycles. The largest absolute Gasteiger partial charge is 0.347 e. The van der Waals surface area contributed by atoms with Crippen molar-refractivity contribution in [1.29, 1.82) is 0 Å². The fraction of sp³-hybridized carbons (Fsp3) is 0.833. The molecule has 0 aromatic heterocycles. The average Bonchev–Trinajstić information content (AvgIpc) is 2.97. The molecule has 1 aliphatic rings. The molecule has 1 saturated carbocycles. The number of hydrogen-bond acceptors (Lipinski definition) is 2. The maximum Gasteiger partial charge on any atom is 0.244 e. The lowest BCUT2D eigenvalue weighted by atomic mass is 10.0. The first-order valence-corrected chi connectivity index (χ1v) is 5.93. The molecule has 0 aromatic rings. The Morgan fingerprint density at radius 3 is 2.25 bits per heavy atom. The zero-order valence-electron chi connectivity index (χ0n) is 10.6. The molecular weight excluding hydrogens is 204 g/mol. The third-order valence-electron chi connectivity index (χ3n) is 2.71. The lowest BCUT2D eigenvalue weighted by Gasteiger charge is -2.23. The van der Waals surface area contributed by atoms with Crippen molar-refractivity contribution < 1.29 is 9.59 Å². The van der Waals surface area contributed by atoms with Gasteiger partial charge in [-0.15, -0.1) is 0 Å². The van der Waals surface area contributed by atoms with Crippen molar-refractivity contribution in [3.8, 4) is 0 Å². The quantitative estimate of drug-likeness (QED) is 0.760. The molecule has 4 nitrogen and oxygen atoms in total. The standard InChI is InChI=1S/C12H22N2O2/c1-8(2)7-10(12(16)14(3)4)13-11(15)9-5-6-9/h8-10H,5-7H2,1-4H3,(H,13,15)/t10-/m0/s1. The number of nitrogens with zero attached hydrogens (tertiary/aromatic N) is 1. The number of rotatable bonds is 5. The van der Waals surface area contributed by atoms with Crippen molar-refractivity contribution in [2.24, 2.45) is 11.8 Å². The summed E-state index contributed by atoms with van der Waals surface area (Å²) in [7, 11) is 3.44. The summed E-state index contributed by atoms with van der Waals surface area (Å²) in [5, 5.41) is 2.86. The highest BCUT2D eigenvalue weighted by Crippen LogP contribution is 2.29. The van der Waals surface area contributed by atoms with E-state index in [0.29, 0.717) is 12.3 Å². The van der Waals surface area contributed by atoms with Gasteiger partial charge in [0.1, 0.15) is 6.04 Å². The fourth-order valence-electron chi connectivity index (χ4n) is 1.64. The molecule has 0 unspecified atom stereocenters. The van der Waals surface area contributed by atoms with Crippen LogP contribution in [0.5, 0.6) is 0 Å². The maximum absolute atomic E-state index is 11.9. The van der Waals surface area contributed by atoms with Gasteiger partial charge in [0, 0.05) is 20.0 Å². The summed E-state index contributed by atoms with van der Waals surface area (Å²) in [6.45, 7) is 4.11. The van der Waals surface area contributed by atoms with E-state index in [0.717, 1.165) is 12.8 Å². The lowest BCUT2D eigenvalue weighted by Crippen LogP contribution is -2.47. The maximum atomic E-state index is 11.9. The Hall–Kier alpha value is -1.06. The van der Waals surface area contributed by atoms with Gasteiger partial charge in [-0.25, -0.2) is 0 Å². The average molecular weight is 226 g/mol. The lowest BCUT2D eigenvalue weighted by molar-refractivity contribution is -0.135. The fourth-order valence-corrected chi connectivity index (χ4v) is 1.64. The van der Waals surface area contributed by atoms with Gasteiger partial charge in [0.2, 0.25) is 11.8 Å². The van der Waals surface area contributed by atoms with E-state index in [4.69, 9.17) is 0 Å². The van der Waals surface area contributed by atoms with Crippen LogP contribution in [0.1, 0.15) is 33.1 Å². The Labute approximate surface area is 97.4 Å². The molecule has 92 valence electrons. The van der Waals surface area contributed by atoms with Crippen molar-refractivity contribution in [3.63, 3.8) is 0 Å². The van der Waals surface area contributed by atoms with Crippen LogP contribution in [-0.2, 0) is 9.59 Å². The van der Waals surface area contributed by atoms with Gasteiger partial charge in [0.15, 0.2) is 0 Å². The van der Waals surface area contributed by atoms with Gasteiger partial charge in [0.25, 0.3) is 0 Å². The zero-order chi connectivity index (χ0) is 12.3. The predicted octanol–water partition coefficient (Wildman–Crippen LogP) is 1.02. The van der Waals surface area contributed by atoms with Gasteiger partial charge in [0.05, 0.1) is 0 Å². The van der Waals surface area contributed by atoms with E-state index >= 15 is 0 Å². The molecule has 1 N–H and O–H groups in total. The molecule has 0 spiro atoms. The number of carbonyl (C=O) groups excluding carboxylic acids is 2. The SMILES string of the molecule is CC(C)C[C@H](NC(=O)C1CC1)C(=O)N(C)C. The van der Waals surface area contributed by atoms with Gasteiger partial charge < -0.3 is 10.2 Å². The van der Waals surface area contributed by atoms with Crippen LogP contribution in [0.2, 0.25) is 0 Å². The van der Waals surface area contributed by atoms with E-state index in [2.05, 4.69) is 19.2 Å². The second kappa shape index (κ2) is 5.32. The summed E-state index contributed by atoms with van der Waals surface area (Å²) in [6.07, 6.45) is 2.64. The second-order valence-corrected chi connectivity index (χ2v) is 5.20. The van der Waals surface area contributed by atoms with Crippen LogP contribution >= 0.6 is 0 Å². The predicted molar refractivity (Wildman–Crippen MR) is 62.8 cm³/mol. The first kappa shape index (κ1) is 13.0. The van der Waals surface area contributed by atoms with Crippen molar-refractivity contribution in [3.05, 3.63) is 0 Å². The summed E-state index contributed by atoms with van der Waals surface area (Å²) >= 11 is 0. The molecule has 0 aromatic carbocycles. The Kier molecular flexibility index (Phi) is 4.33. The monoisotopic (exact) mass is 226 g/mol. The van der Waals surface area contributed by atoms with Crippen molar-refractivity contribution in [2.75, 3.05) is 14.1 Å². The molecule has 0 heterocycles. The number of amides is 2. The van der Waals surface area contributed by atoms with E-state index in [1.165, 1.54) is 0 Å². The van der Waals surface area contributed by atoms with E-state index in [1.807, 2.05) is 0 Å². The smallest absolute Gasteiger partial charge is 0.244 e. The highest BCUT2D eigenvalue weighted by atomic mass is 16.2. The van der Waals surface area contributed by atoms with E-state index in [-0.39, 0.29) is 23.8 Å². The zero-order valence-corrected chi connectivity index (χ0v) is 10.6. The second-order valence-electron chi connectivity index (χ2n) is 5.20. The third kappa shape index (κ3) is 3.83. The minimum atomic E-state index is -0.358. The highest BCUT2D eigenvalue weighted by molar-refractivity contribution is 5.89. The summed E-state index contributed by atoms with van der Waals surface area (Å²) in [5.74, 6) is 0.585. The number of nitrogens with one attached hydrogen (secondary N) is 1. The Bertz CT molecular complexity index is 270. The number of carbonyl (C=O) groups is 2. The van der Waals surface area contributed by atoms with Crippen LogP contribution in [0.4, 0.5) is 0 Å². The minimum Gasteiger partial charge on any atom is -0.347 e. The summed E-state index contributed by atoms with van der Waals surface area (Å²) in [4.78, 5) is 25.1. The van der Waals surface area contributed by atoms with Crippen LogP contribution in [-0.4, -0.2) is 36.9 Å². The van der Waals surface area contributed by atoms with Crippen LogP contribution < -0.4 is 5.32 Å². The summed E-state index contributed by atoms with van der Waals surface area (Å²) in [5.41, 5.74) is 0. The molecule has 0 radical (unpaired) electrons. The molecule has 4 heteroatoms. The van der Waals surface area contributed by atoms with Gasteiger partial charge in [-0.1, -0.05) is 13.8 Å². The molecule has 0 aliphatic heterocycles. The molecule has 0 bridgehead atoms. The topological polar surface area (TPSA) is 49.4 Å². The van der Waals surface area contributed by atoms with Crippen LogP contribution in [0.25, 0.3) is 0 Å². The number of likely N-dealkylation sites (N-methyl/N-ethyl adjacent to an activating group) is 1. The van der Waals surface area contributed by atoms with Crippen molar-refractivity contribution >= 4 is 11.8 Å². The highest BCUT2D eigenvalue weighted by Gasteiger charge is 2.33. The van der Waals surface area contributed by atoms with Crippen molar-refractivity contribution in [1.82, 2.24) is 10.2 Å². The summed E-state index contributed by atoms with van der Waals surface area (Å²) in [6, 6.07) is -0.358. The molecular formula is C12H22N2O2. The molecule has 1 fully saturated rings. The van der Waals surface area contributed by atoms with Crippen LogP contribution in [0.3, 0.4) is 0 Å². The van der Waals surface area contributed by atoms with Crippen LogP contribution in [0, 0.1) is 11.8 Å². The number of hydrogen-bond donors (Lipinski definition) is 1. The summed E-state index contributed by atoms with van der Waals surface area (Å²) < 4.78 is 0. The minimum absolute atomic E-state index is 0.0114. The van der Waals surface area contributed by atoms with E-state index in [1.54, 1.807) is 19.0 Å². The first-order valence-electron chi connectivity index (χ1n) is 5.93. The first-order chi connectivity index (χ1) is 7.41. The molecule has 1 atom stereocenters.